The highest BCUT2D eigenvalue weighted by molar-refractivity contribution is 7.80. The molecule has 0 aromatic carbocycles. The summed E-state index contributed by atoms with van der Waals surface area (Å²) in [7, 11) is 1.82. The Morgan fingerprint density at radius 2 is 2.00 bits per heavy atom. The van der Waals surface area contributed by atoms with E-state index < -0.39 is 0 Å². The number of rotatable bonds is 8. The molecule has 0 saturated carbocycles. The van der Waals surface area contributed by atoms with Gasteiger partial charge in [-0.1, -0.05) is 26.1 Å². The molecular weight excluding hydrogens is 234 g/mol. The van der Waals surface area contributed by atoms with Gasteiger partial charge in [0.05, 0.1) is 11.5 Å². The van der Waals surface area contributed by atoms with E-state index in [0.717, 1.165) is 19.6 Å². The molecule has 0 unspecified atom stereocenters. The second-order valence-corrected chi connectivity index (χ2v) is 5.28. The minimum absolute atomic E-state index is 0.149. The molecule has 4 nitrogen and oxygen atoms in total. The first kappa shape index (κ1) is 16.3. The van der Waals surface area contributed by atoms with Crippen molar-refractivity contribution in [3.8, 4) is 0 Å². The van der Waals surface area contributed by atoms with Crippen LogP contribution >= 0.6 is 12.2 Å². The third-order valence-electron chi connectivity index (χ3n) is 2.56. The van der Waals surface area contributed by atoms with Crippen LogP contribution in [0.2, 0.25) is 0 Å². The fourth-order valence-electron chi connectivity index (χ4n) is 1.51. The standard InChI is InChI=1S/C12H25N3OS/c1-5-14(4)12(16)9-15(8-10(2)3)7-6-11(13)17/h10H,5-9H2,1-4H3,(H2,13,17). The third kappa shape index (κ3) is 8.10. The summed E-state index contributed by atoms with van der Waals surface area (Å²) >= 11 is 4.87. The van der Waals surface area contributed by atoms with Crippen molar-refractivity contribution in [2.24, 2.45) is 11.7 Å². The van der Waals surface area contributed by atoms with Gasteiger partial charge in [0.25, 0.3) is 0 Å². The summed E-state index contributed by atoms with van der Waals surface area (Å²) in [4.78, 5) is 16.2. The van der Waals surface area contributed by atoms with E-state index in [1.165, 1.54) is 0 Å². The van der Waals surface area contributed by atoms with Gasteiger partial charge < -0.3 is 10.6 Å². The summed E-state index contributed by atoms with van der Waals surface area (Å²) in [6, 6.07) is 0. The van der Waals surface area contributed by atoms with E-state index in [-0.39, 0.29) is 5.91 Å². The van der Waals surface area contributed by atoms with Crippen molar-refractivity contribution >= 4 is 23.1 Å². The van der Waals surface area contributed by atoms with E-state index in [1.54, 1.807) is 4.90 Å². The van der Waals surface area contributed by atoms with Crippen LogP contribution in [0.5, 0.6) is 0 Å². The van der Waals surface area contributed by atoms with E-state index >= 15 is 0 Å². The minimum Gasteiger partial charge on any atom is -0.393 e. The Morgan fingerprint density at radius 1 is 1.41 bits per heavy atom. The maximum absolute atomic E-state index is 11.8. The van der Waals surface area contributed by atoms with Crippen LogP contribution in [0.4, 0.5) is 0 Å². The Labute approximate surface area is 110 Å². The lowest BCUT2D eigenvalue weighted by atomic mass is 10.2. The lowest BCUT2D eigenvalue weighted by Gasteiger charge is -2.25. The molecular formula is C12H25N3OS. The highest BCUT2D eigenvalue weighted by atomic mass is 32.1. The molecule has 100 valence electrons. The van der Waals surface area contributed by atoms with Crippen LogP contribution in [0.25, 0.3) is 0 Å². The van der Waals surface area contributed by atoms with Crippen molar-refractivity contribution < 1.29 is 4.79 Å². The smallest absolute Gasteiger partial charge is 0.236 e. The number of hydrogen-bond donors (Lipinski definition) is 1. The number of nitrogens with two attached hydrogens (primary N) is 1. The molecule has 0 bridgehead atoms. The molecule has 0 atom stereocenters. The van der Waals surface area contributed by atoms with Gasteiger partial charge in [0.2, 0.25) is 5.91 Å². The molecule has 0 fully saturated rings. The molecule has 0 aliphatic carbocycles. The van der Waals surface area contributed by atoms with E-state index in [1.807, 2.05) is 14.0 Å². The number of amides is 1. The zero-order chi connectivity index (χ0) is 13.4. The average molecular weight is 259 g/mol. The van der Waals surface area contributed by atoms with E-state index in [2.05, 4.69) is 18.7 Å². The molecule has 0 saturated heterocycles. The maximum atomic E-state index is 11.8. The molecule has 0 aromatic heterocycles. The summed E-state index contributed by atoms with van der Waals surface area (Å²) in [6.45, 7) is 9.10. The van der Waals surface area contributed by atoms with Gasteiger partial charge in [-0.2, -0.15) is 0 Å². The lowest BCUT2D eigenvalue weighted by Crippen LogP contribution is -2.41. The summed E-state index contributed by atoms with van der Waals surface area (Å²) in [5.41, 5.74) is 5.50. The number of carbonyl (C=O) groups excluding carboxylic acids is 1. The molecule has 0 aliphatic heterocycles. The normalized spacial score (nSPS) is 10.9. The predicted molar refractivity (Wildman–Crippen MR) is 76.0 cm³/mol. The minimum atomic E-state index is 0.149. The Bertz CT molecular complexity index is 256. The monoisotopic (exact) mass is 259 g/mol. The summed E-state index contributed by atoms with van der Waals surface area (Å²) in [5.74, 6) is 0.678. The molecule has 2 N–H and O–H groups in total. The highest BCUT2D eigenvalue weighted by Crippen LogP contribution is 2.01. The maximum Gasteiger partial charge on any atom is 0.236 e. The van der Waals surface area contributed by atoms with Gasteiger partial charge in [0, 0.05) is 33.1 Å². The molecule has 1 amide bonds. The largest absolute Gasteiger partial charge is 0.393 e. The molecule has 0 aromatic rings. The van der Waals surface area contributed by atoms with Crippen LogP contribution in [-0.2, 0) is 4.79 Å². The van der Waals surface area contributed by atoms with Gasteiger partial charge in [-0.15, -0.1) is 0 Å². The van der Waals surface area contributed by atoms with Crippen LogP contribution < -0.4 is 5.73 Å². The number of likely N-dealkylation sites (N-methyl/N-ethyl adjacent to an activating group) is 1. The molecule has 0 heterocycles. The Balaban J connectivity index is 4.26. The van der Waals surface area contributed by atoms with Crippen molar-refractivity contribution in [3.05, 3.63) is 0 Å². The van der Waals surface area contributed by atoms with Crippen molar-refractivity contribution in [2.45, 2.75) is 27.2 Å². The number of hydrogen-bond acceptors (Lipinski definition) is 3. The van der Waals surface area contributed by atoms with Crippen LogP contribution in [0.15, 0.2) is 0 Å². The van der Waals surface area contributed by atoms with Crippen molar-refractivity contribution in [3.63, 3.8) is 0 Å². The fraction of sp³-hybridized carbons (Fsp3) is 0.833. The summed E-state index contributed by atoms with van der Waals surface area (Å²) in [6.07, 6.45) is 0.672. The first-order valence-electron chi connectivity index (χ1n) is 6.11. The fourth-order valence-corrected chi connectivity index (χ4v) is 1.60. The van der Waals surface area contributed by atoms with Crippen LogP contribution in [0.3, 0.4) is 0 Å². The number of nitrogens with zero attached hydrogens (tertiary/aromatic N) is 2. The van der Waals surface area contributed by atoms with Crippen molar-refractivity contribution in [1.82, 2.24) is 9.80 Å². The van der Waals surface area contributed by atoms with Gasteiger partial charge >= 0.3 is 0 Å². The number of thiocarbonyl (C=S) groups is 1. The summed E-state index contributed by atoms with van der Waals surface area (Å²) in [5, 5.41) is 0. The SMILES string of the molecule is CCN(C)C(=O)CN(CCC(N)=S)CC(C)C. The second kappa shape index (κ2) is 8.42. The molecule has 17 heavy (non-hydrogen) atoms. The zero-order valence-electron chi connectivity index (χ0n) is 11.4. The molecule has 5 heteroatoms. The first-order valence-corrected chi connectivity index (χ1v) is 6.52. The van der Waals surface area contributed by atoms with Crippen LogP contribution in [0, 0.1) is 5.92 Å². The molecule has 0 spiro atoms. The second-order valence-electron chi connectivity index (χ2n) is 4.75. The Kier molecular flexibility index (Phi) is 8.08. The van der Waals surface area contributed by atoms with Crippen LogP contribution in [0.1, 0.15) is 27.2 Å². The van der Waals surface area contributed by atoms with E-state index in [4.69, 9.17) is 18.0 Å². The Morgan fingerprint density at radius 3 is 2.41 bits per heavy atom. The Hall–Kier alpha value is -0.680. The zero-order valence-corrected chi connectivity index (χ0v) is 12.2. The lowest BCUT2D eigenvalue weighted by molar-refractivity contribution is -0.131. The quantitative estimate of drug-likeness (QED) is 0.663. The van der Waals surface area contributed by atoms with Gasteiger partial charge in [0.1, 0.15) is 0 Å². The number of carbonyl (C=O) groups is 1. The van der Waals surface area contributed by atoms with Gasteiger partial charge in [0.15, 0.2) is 0 Å². The average Bonchev–Trinajstić information content (AvgIpc) is 2.23. The van der Waals surface area contributed by atoms with Gasteiger partial charge in [-0.3, -0.25) is 9.69 Å². The molecule has 0 radical (unpaired) electrons. The molecule has 0 rings (SSSR count). The van der Waals surface area contributed by atoms with Crippen molar-refractivity contribution in [2.75, 3.05) is 33.2 Å². The van der Waals surface area contributed by atoms with E-state index in [9.17, 15) is 4.79 Å². The van der Waals surface area contributed by atoms with Crippen molar-refractivity contribution in [1.29, 1.82) is 0 Å². The topological polar surface area (TPSA) is 49.6 Å². The van der Waals surface area contributed by atoms with Crippen LogP contribution in [-0.4, -0.2) is 53.9 Å². The first-order chi connectivity index (χ1) is 7.86. The summed E-state index contributed by atoms with van der Waals surface area (Å²) < 4.78 is 0. The van der Waals surface area contributed by atoms with Gasteiger partial charge in [-0.25, -0.2) is 0 Å². The molecule has 0 aliphatic rings. The van der Waals surface area contributed by atoms with Gasteiger partial charge in [-0.05, 0) is 12.8 Å². The van der Waals surface area contributed by atoms with E-state index in [0.29, 0.717) is 23.9 Å². The predicted octanol–water partition coefficient (Wildman–Crippen LogP) is 1.10. The third-order valence-corrected chi connectivity index (χ3v) is 2.76. The highest BCUT2D eigenvalue weighted by Gasteiger charge is 2.14.